The Kier molecular flexibility index (Phi) is 14.5. The van der Waals surface area contributed by atoms with Crippen LogP contribution < -0.4 is 20.9 Å². The maximum Gasteiger partial charge on any atom is 0.408 e. The van der Waals surface area contributed by atoms with Crippen LogP contribution in [0.25, 0.3) is 0 Å². The van der Waals surface area contributed by atoms with Crippen molar-refractivity contribution in [3.63, 3.8) is 0 Å². The fraction of sp³-hybridized carbons (Fsp3) is 0.485. The molecule has 3 amide bonds. The minimum atomic E-state index is -0.876. The number of rotatable bonds is 9. The van der Waals surface area contributed by atoms with Gasteiger partial charge in [-0.25, -0.2) is 9.59 Å². The van der Waals surface area contributed by atoms with E-state index in [0.29, 0.717) is 25.8 Å². The molecule has 13 heteroatoms. The second-order valence-corrected chi connectivity index (χ2v) is 11.9. The molecule has 2 atom stereocenters. The van der Waals surface area contributed by atoms with Crippen LogP contribution in [-0.4, -0.2) is 74.8 Å². The molecule has 2 saturated heterocycles. The van der Waals surface area contributed by atoms with Crippen molar-refractivity contribution >= 4 is 53.6 Å². The predicted molar refractivity (Wildman–Crippen MR) is 176 cm³/mol. The number of amides is 3. The van der Waals surface area contributed by atoms with Gasteiger partial charge in [-0.15, -0.1) is 12.4 Å². The monoisotopic (exact) mass is 660 g/mol. The standard InChI is InChI=1S/C19H26N2O5.C14H18N2O3.ClH/c1-19(2,3)26-18(24)20-15(17(23)25-4)12-13-7-5-8-14(11-13)21-10-6-9-16(21)22;1-19-14(18)12(15)9-10-4-2-5-11(8-10)16-7-3-6-13(16)17;/h5,7-8,11,15H,6,9-10,12H2,1-4H3,(H,20,24);2,4-5,8,12H,3,6-7,9,15H2,1H3;1H/t15-;12-;/m11./s1. The number of carbonyl (C=O) groups is 5. The lowest BCUT2D eigenvalue weighted by molar-refractivity contribution is -0.143. The van der Waals surface area contributed by atoms with E-state index in [1.807, 2.05) is 48.5 Å². The SMILES string of the molecule is COC(=O)[C@@H](Cc1cccc(N2CCCC2=O)c1)NC(=O)OC(C)(C)C.COC(=O)[C@H](N)Cc1cccc(N2CCCC2=O)c1.Cl. The summed E-state index contributed by atoms with van der Waals surface area (Å²) in [4.78, 5) is 62.5. The highest BCUT2D eigenvalue weighted by Gasteiger charge is 2.27. The highest BCUT2D eigenvalue weighted by Crippen LogP contribution is 2.24. The summed E-state index contributed by atoms with van der Waals surface area (Å²) < 4.78 is 14.6. The summed E-state index contributed by atoms with van der Waals surface area (Å²) in [5.41, 5.74) is 8.48. The third-order valence-corrected chi connectivity index (χ3v) is 7.17. The molecule has 2 aromatic carbocycles. The number of nitrogens with zero attached hydrogens (tertiary/aromatic N) is 2. The minimum Gasteiger partial charge on any atom is -0.468 e. The van der Waals surface area contributed by atoms with Gasteiger partial charge in [0.15, 0.2) is 0 Å². The normalized spacial score (nSPS) is 15.6. The summed E-state index contributed by atoms with van der Waals surface area (Å²) in [6, 6.07) is 13.4. The first kappa shape index (κ1) is 38.0. The number of hydrogen-bond donors (Lipinski definition) is 2. The zero-order chi connectivity index (χ0) is 33.1. The van der Waals surface area contributed by atoms with Crippen molar-refractivity contribution in [2.45, 2.75) is 77.0 Å². The van der Waals surface area contributed by atoms with Gasteiger partial charge in [-0.3, -0.25) is 14.4 Å². The molecule has 0 unspecified atom stereocenters. The first-order valence-electron chi connectivity index (χ1n) is 15.0. The average Bonchev–Trinajstić information content (AvgIpc) is 3.63. The lowest BCUT2D eigenvalue weighted by Crippen LogP contribution is -2.45. The zero-order valence-corrected chi connectivity index (χ0v) is 27.9. The summed E-state index contributed by atoms with van der Waals surface area (Å²) in [5.74, 6) is -0.742. The van der Waals surface area contributed by atoms with Crippen LogP contribution in [0.15, 0.2) is 48.5 Å². The number of methoxy groups -OCH3 is 2. The first-order valence-corrected chi connectivity index (χ1v) is 15.0. The number of ether oxygens (including phenoxy) is 3. The number of nitrogens with two attached hydrogens (primary N) is 1. The van der Waals surface area contributed by atoms with Crippen molar-refractivity contribution in [2.24, 2.45) is 5.73 Å². The zero-order valence-electron chi connectivity index (χ0n) is 27.1. The third kappa shape index (κ3) is 11.3. The number of anilines is 2. The molecular weight excluding hydrogens is 616 g/mol. The van der Waals surface area contributed by atoms with Crippen molar-refractivity contribution in [1.29, 1.82) is 0 Å². The molecule has 12 nitrogen and oxygen atoms in total. The molecule has 0 aromatic heterocycles. The van der Waals surface area contributed by atoms with Gasteiger partial charge in [0.25, 0.3) is 0 Å². The maximum absolute atomic E-state index is 12.1. The van der Waals surface area contributed by atoms with Crippen LogP contribution in [0.5, 0.6) is 0 Å². The second kappa shape index (κ2) is 17.5. The lowest BCUT2D eigenvalue weighted by Gasteiger charge is -2.23. The number of esters is 2. The van der Waals surface area contributed by atoms with Crippen LogP contribution >= 0.6 is 12.4 Å². The van der Waals surface area contributed by atoms with Gasteiger partial charge in [0.2, 0.25) is 11.8 Å². The highest BCUT2D eigenvalue weighted by molar-refractivity contribution is 5.96. The summed E-state index contributed by atoms with van der Waals surface area (Å²) >= 11 is 0. The van der Waals surface area contributed by atoms with Crippen LogP contribution in [0.3, 0.4) is 0 Å². The first-order chi connectivity index (χ1) is 21.3. The van der Waals surface area contributed by atoms with Crippen molar-refractivity contribution in [1.82, 2.24) is 5.32 Å². The Balaban J connectivity index is 0.000000328. The van der Waals surface area contributed by atoms with Gasteiger partial charge in [-0.2, -0.15) is 0 Å². The van der Waals surface area contributed by atoms with Gasteiger partial charge in [0.05, 0.1) is 14.2 Å². The molecule has 0 saturated carbocycles. The number of carbonyl (C=O) groups excluding carboxylic acids is 5. The summed E-state index contributed by atoms with van der Waals surface area (Å²) in [6.45, 7) is 6.69. The summed E-state index contributed by atoms with van der Waals surface area (Å²) in [6.07, 6.45) is 2.85. The smallest absolute Gasteiger partial charge is 0.408 e. The lowest BCUT2D eigenvalue weighted by atomic mass is 10.0. The topological polar surface area (TPSA) is 158 Å². The van der Waals surface area contributed by atoms with Crippen molar-refractivity contribution in [3.05, 3.63) is 59.7 Å². The fourth-order valence-electron chi connectivity index (χ4n) is 5.05. The second-order valence-electron chi connectivity index (χ2n) is 11.9. The molecule has 0 radical (unpaired) electrons. The summed E-state index contributed by atoms with van der Waals surface area (Å²) in [7, 11) is 2.59. The minimum absolute atomic E-state index is 0. The number of benzene rings is 2. The highest BCUT2D eigenvalue weighted by atomic mass is 35.5. The van der Waals surface area contributed by atoms with Crippen LogP contribution in [0, 0.1) is 0 Å². The molecule has 4 rings (SSSR count). The Morgan fingerprint density at radius 3 is 1.72 bits per heavy atom. The molecule has 2 aliphatic heterocycles. The van der Waals surface area contributed by atoms with Crippen molar-refractivity contribution in [3.8, 4) is 0 Å². The van der Waals surface area contributed by atoms with Crippen LogP contribution in [0.2, 0.25) is 0 Å². The van der Waals surface area contributed by atoms with Crippen LogP contribution in [0.4, 0.5) is 16.2 Å². The van der Waals surface area contributed by atoms with E-state index in [0.717, 1.165) is 41.9 Å². The Morgan fingerprint density at radius 2 is 1.30 bits per heavy atom. The molecule has 2 fully saturated rings. The van der Waals surface area contributed by atoms with E-state index in [4.69, 9.17) is 15.2 Å². The largest absolute Gasteiger partial charge is 0.468 e. The van der Waals surface area contributed by atoms with E-state index in [2.05, 4.69) is 10.1 Å². The molecule has 0 spiro atoms. The quantitative estimate of drug-likeness (QED) is 0.302. The van der Waals surface area contributed by atoms with Crippen LogP contribution in [0.1, 0.15) is 57.6 Å². The molecule has 46 heavy (non-hydrogen) atoms. The van der Waals surface area contributed by atoms with E-state index in [1.165, 1.54) is 14.2 Å². The molecule has 2 heterocycles. The Hall–Kier alpha value is -4.16. The van der Waals surface area contributed by atoms with Crippen molar-refractivity contribution in [2.75, 3.05) is 37.1 Å². The molecular formula is C33H45ClN4O8. The number of halogens is 1. The molecule has 2 aromatic rings. The Bertz CT molecular complexity index is 1380. The van der Waals surface area contributed by atoms with E-state index in [9.17, 15) is 24.0 Å². The molecule has 0 bridgehead atoms. The molecule has 252 valence electrons. The van der Waals surface area contributed by atoms with Gasteiger partial charge >= 0.3 is 18.0 Å². The number of nitrogens with one attached hydrogen (secondary N) is 1. The van der Waals surface area contributed by atoms with E-state index >= 15 is 0 Å². The van der Waals surface area contributed by atoms with Crippen molar-refractivity contribution < 1.29 is 38.2 Å². The Morgan fingerprint density at radius 1 is 0.826 bits per heavy atom. The van der Waals surface area contributed by atoms with Gasteiger partial charge in [-0.1, -0.05) is 24.3 Å². The fourth-order valence-corrected chi connectivity index (χ4v) is 5.05. The number of alkyl carbamates (subject to hydrolysis) is 1. The average molecular weight is 661 g/mol. The van der Waals surface area contributed by atoms with E-state index in [1.54, 1.807) is 30.6 Å². The third-order valence-electron chi connectivity index (χ3n) is 7.17. The van der Waals surface area contributed by atoms with Crippen LogP contribution in [-0.2, 0) is 46.2 Å². The maximum atomic E-state index is 12.1. The van der Waals surface area contributed by atoms with E-state index < -0.39 is 35.7 Å². The summed E-state index contributed by atoms with van der Waals surface area (Å²) in [5, 5.41) is 2.55. The number of hydrogen-bond acceptors (Lipinski definition) is 9. The van der Waals surface area contributed by atoms with Gasteiger partial charge in [-0.05, 0) is 75.4 Å². The molecule has 2 aliphatic rings. The predicted octanol–water partition coefficient (Wildman–Crippen LogP) is 3.70. The van der Waals surface area contributed by atoms with Gasteiger partial charge < -0.3 is 35.1 Å². The van der Waals surface area contributed by atoms with E-state index in [-0.39, 0.29) is 30.6 Å². The van der Waals surface area contributed by atoms with Gasteiger partial charge in [0, 0.05) is 43.7 Å². The molecule has 3 N–H and O–H groups in total. The molecule has 0 aliphatic carbocycles. The Labute approximate surface area is 276 Å². The van der Waals surface area contributed by atoms with Gasteiger partial charge in [0.1, 0.15) is 17.7 Å².